The molecule has 1 unspecified atom stereocenters. The Labute approximate surface area is 146 Å². The highest BCUT2D eigenvalue weighted by Gasteiger charge is 2.10. The number of aromatic nitrogens is 3. The lowest BCUT2D eigenvalue weighted by molar-refractivity contribution is 0.0945. The number of carbonyl (C=O) groups excluding carboxylic acids is 1. The summed E-state index contributed by atoms with van der Waals surface area (Å²) in [7, 11) is 0. The minimum Gasteiger partial charge on any atom is -0.362 e. The molecule has 2 heterocycles. The second-order valence-electron chi connectivity index (χ2n) is 5.57. The average molecular weight is 333 g/mol. The molecule has 25 heavy (non-hydrogen) atoms. The summed E-state index contributed by atoms with van der Waals surface area (Å²) >= 11 is 0. The maximum atomic E-state index is 12.1. The predicted molar refractivity (Wildman–Crippen MR) is 95.9 cm³/mol. The molecule has 0 saturated heterocycles. The molecule has 1 amide bonds. The molecule has 6 heteroatoms. The Bertz CT molecular complexity index is 806. The van der Waals surface area contributed by atoms with Crippen LogP contribution in [0.25, 0.3) is 0 Å². The summed E-state index contributed by atoms with van der Waals surface area (Å²) in [5, 5.41) is 6.04. The molecule has 0 fully saturated rings. The highest BCUT2D eigenvalue weighted by Crippen LogP contribution is 2.16. The van der Waals surface area contributed by atoms with E-state index in [1.807, 2.05) is 55.5 Å². The molecule has 1 aromatic carbocycles. The van der Waals surface area contributed by atoms with Crippen molar-refractivity contribution in [2.24, 2.45) is 0 Å². The van der Waals surface area contributed by atoms with E-state index in [1.165, 1.54) is 6.20 Å². The Morgan fingerprint density at radius 1 is 1.00 bits per heavy atom. The monoisotopic (exact) mass is 333 g/mol. The summed E-state index contributed by atoms with van der Waals surface area (Å²) in [5.74, 6) is 0.346. The number of carbonyl (C=O) groups is 1. The van der Waals surface area contributed by atoms with Crippen molar-refractivity contribution in [3.8, 4) is 0 Å². The molecule has 126 valence electrons. The zero-order valence-electron chi connectivity index (χ0n) is 13.9. The van der Waals surface area contributed by atoms with Crippen molar-refractivity contribution >= 4 is 11.7 Å². The van der Waals surface area contributed by atoms with E-state index >= 15 is 0 Å². The molecular formula is C19H19N5O. The maximum Gasteiger partial charge on any atom is 0.271 e. The van der Waals surface area contributed by atoms with Crippen molar-refractivity contribution in [1.82, 2.24) is 20.3 Å². The fourth-order valence-electron chi connectivity index (χ4n) is 2.33. The molecule has 6 nitrogen and oxygen atoms in total. The Kier molecular flexibility index (Phi) is 5.31. The first kappa shape index (κ1) is 16.6. The third-order valence-electron chi connectivity index (χ3n) is 3.70. The van der Waals surface area contributed by atoms with Crippen molar-refractivity contribution < 1.29 is 4.79 Å². The topological polar surface area (TPSA) is 79.8 Å². The van der Waals surface area contributed by atoms with E-state index in [4.69, 9.17) is 0 Å². The van der Waals surface area contributed by atoms with Gasteiger partial charge in [-0.25, -0.2) is 9.97 Å². The van der Waals surface area contributed by atoms with Crippen LogP contribution in [0.4, 0.5) is 5.82 Å². The largest absolute Gasteiger partial charge is 0.362 e. The summed E-state index contributed by atoms with van der Waals surface area (Å²) in [6.45, 7) is 2.40. The fraction of sp³-hybridized carbons (Fsp3) is 0.158. The van der Waals surface area contributed by atoms with Gasteiger partial charge in [0.1, 0.15) is 11.5 Å². The quantitative estimate of drug-likeness (QED) is 0.725. The summed E-state index contributed by atoms with van der Waals surface area (Å²) in [6.07, 6.45) is 4.72. The van der Waals surface area contributed by atoms with Crippen molar-refractivity contribution in [3.05, 3.63) is 84.1 Å². The first-order chi connectivity index (χ1) is 12.2. The lowest BCUT2D eigenvalue weighted by Gasteiger charge is -2.14. The number of rotatable bonds is 6. The van der Waals surface area contributed by atoms with Gasteiger partial charge < -0.3 is 10.6 Å². The SMILES string of the molecule is CC(Nc1cnc(C(=O)NCc2ccccn2)cn1)c1ccccc1. The standard InChI is InChI=1S/C19H19N5O/c1-14(15-7-3-2-4-8-15)24-18-13-21-17(12-22-18)19(25)23-11-16-9-5-6-10-20-16/h2-10,12-14H,11H2,1H3,(H,22,24)(H,23,25). The third kappa shape index (κ3) is 4.60. The summed E-state index contributed by atoms with van der Waals surface area (Å²) in [4.78, 5) is 24.7. The van der Waals surface area contributed by atoms with Gasteiger partial charge >= 0.3 is 0 Å². The average Bonchev–Trinajstić information content (AvgIpc) is 2.68. The highest BCUT2D eigenvalue weighted by atomic mass is 16.1. The number of hydrogen-bond donors (Lipinski definition) is 2. The van der Waals surface area contributed by atoms with Gasteiger partial charge in [-0.15, -0.1) is 0 Å². The molecule has 2 aromatic heterocycles. The lowest BCUT2D eigenvalue weighted by atomic mass is 10.1. The van der Waals surface area contributed by atoms with Crippen LogP contribution in [0, 0.1) is 0 Å². The van der Waals surface area contributed by atoms with Gasteiger partial charge in [-0.05, 0) is 24.6 Å². The molecule has 0 saturated carbocycles. The number of benzene rings is 1. The van der Waals surface area contributed by atoms with Gasteiger partial charge in [-0.1, -0.05) is 36.4 Å². The molecular weight excluding hydrogens is 314 g/mol. The van der Waals surface area contributed by atoms with Crippen LogP contribution >= 0.6 is 0 Å². The fourth-order valence-corrected chi connectivity index (χ4v) is 2.33. The van der Waals surface area contributed by atoms with Crippen LogP contribution in [0.15, 0.2) is 67.1 Å². The van der Waals surface area contributed by atoms with Gasteiger partial charge in [0.25, 0.3) is 5.91 Å². The number of hydrogen-bond acceptors (Lipinski definition) is 5. The minimum atomic E-state index is -0.277. The molecule has 3 aromatic rings. The van der Waals surface area contributed by atoms with Crippen LogP contribution in [0.2, 0.25) is 0 Å². The summed E-state index contributed by atoms with van der Waals surface area (Å²) < 4.78 is 0. The van der Waals surface area contributed by atoms with Crippen molar-refractivity contribution in [1.29, 1.82) is 0 Å². The van der Waals surface area contributed by atoms with Gasteiger partial charge in [-0.3, -0.25) is 9.78 Å². The van der Waals surface area contributed by atoms with E-state index in [2.05, 4.69) is 25.6 Å². The lowest BCUT2D eigenvalue weighted by Crippen LogP contribution is -2.24. The van der Waals surface area contributed by atoms with E-state index in [-0.39, 0.29) is 17.6 Å². The number of nitrogens with zero attached hydrogens (tertiary/aromatic N) is 3. The van der Waals surface area contributed by atoms with Crippen LogP contribution < -0.4 is 10.6 Å². The number of amides is 1. The van der Waals surface area contributed by atoms with Gasteiger partial charge in [0.2, 0.25) is 0 Å². The van der Waals surface area contributed by atoms with E-state index in [9.17, 15) is 4.79 Å². The van der Waals surface area contributed by atoms with Crippen molar-refractivity contribution in [2.75, 3.05) is 5.32 Å². The maximum absolute atomic E-state index is 12.1. The molecule has 1 atom stereocenters. The van der Waals surface area contributed by atoms with Gasteiger partial charge in [0, 0.05) is 12.2 Å². The predicted octanol–water partition coefficient (Wildman–Crippen LogP) is 2.97. The zero-order chi connectivity index (χ0) is 17.5. The molecule has 0 aliphatic rings. The second-order valence-corrected chi connectivity index (χ2v) is 5.57. The molecule has 3 rings (SSSR count). The Morgan fingerprint density at radius 2 is 1.80 bits per heavy atom. The summed E-state index contributed by atoms with van der Waals surface area (Å²) in [6, 6.07) is 15.7. The van der Waals surface area contributed by atoms with Crippen molar-refractivity contribution in [3.63, 3.8) is 0 Å². The number of pyridine rings is 1. The summed E-state index contributed by atoms with van der Waals surface area (Å²) in [5.41, 5.74) is 2.22. The minimum absolute atomic E-state index is 0.0966. The van der Waals surface area contributed by atoms with Gasteiger partial charge in [0.05, 0.1) is 24.6 Å². The van der Waals surface area contributed by atoms with Crippen molar-refractivity contribution in [2.45, 2.75) is 19.5 Å². The first-order valence-corrected chi connectivity index (χ1v) is 8.04. The molecule has 0 aliphatic carbocycles. The molecule has 0 spiro atoms. The molecule has 0 bridgehead atoms. The van der Waals surface area contributed by atoms with Crippen LogP contribution in [-0.4, -0.2) is 20.9 Å². The zero-order valence-corrected chi connectivity index (χ0v) is 13.9. The Morgan fingerprint density at radius 3 is 2.48 bits per heavy atom. The molecule has 0 radical (unpaired) electrons. The number of nitrogens with one attached hydrogen (secondary N) is 2. The van der Waals surface area contributed by atoms with Crippen LogP contribution in [0.3, 0.4) is 0 Å². The van der Waals surface area contributed by atoms with Crippen LogP contribution in [0.1, 0.15) is 34.7 Å². The van der Waals surface area contributed by atoms with Crippen LogP contribution in [0.5, 0.6) is 0 Å². The third-order valence-corrected chi connectivity index (χ3v) is 3.70. The molecule has 2 N–H and O–H groups in total. The van der Waals surface area contributed by atoms with E-state index in [0.29, 0.717) is 12.4 Å². The Hall–Kier alpha value is -3.28. The normalized spacial score (nSPS) is 11.6. The number of anilines is 1. The van der Waals surface area contributed by atoms with E-state index < -0.39 is 0 Å². The van der Waals surface area contributed by atoms with Gasteiger partial charge in [-0.2, -0.15) is 0 Å². The smallest absolute Gasteiger partial charge is 0.271 e. The highest BCUT2D eigenvalue weighted by molar-refractivity contribution is 5.91. The van der Waals surface area contributed by atoms with E-state index in [1.54, 1.807) is 12.4 Å². The second kappa shape index (κ2) is 8.01. The first-order valence-electron chi connectivity index (χ1n) is 8.04. The van der Waals surface area contributed by atoms with E-state index in [0.717, 1.165) is 11.3 Å². The van der Waals surface area contributed by atoms with Crippen LogP contribution in [-0.2, 0) is 6.54 Å². The Balaban J connectivity index is 1.57. The van der Waals surface area contributed by atoms with Gasteiger partial charge in [0.15, 0.2) is 0 Å². The molecule has 0 aliphatic heterocycles.